The lowest BCUT2D eigenvalue weighted by molar-refractivity contribution is 0.102. The van der Waals surface area contributed by atoms with Gasteiger partial charge in [0, 0.05) is 22.9 Å². The number of nitrogens with zero attached hydrogens (tertiary/aromatic N) is 2. The van der Waals surface area contributed by atoms with Gasteiger partial charge in [0.05, 0.1) is 6.54 Å². The van der Waals surface area contributed by atoms with Gasteiger partial charge in [0.15, 0.2) is 11.5 Å². The molecular formula is C20H19N3O4. The van der Waals surface area contributed by atoms with Gasteiger partial charge in [-0.05, 0) is 36.4 Å². The number of benzene rings is 2. The summed E-state index contributed by atoms with van der Waals surface area (Å²) in [6.07, 6.45) is -0.398. The van der Waals surface area contributed by atoms with Crippen LogP contribution in [-0.4, -0.2) is 30.1 Å². The van der Waals surface area contributed by atoms with Gasteiger partial charge in [-0.3, -0.25) is 9.69 Å². The molecule has 2 heterocycles. The van der Waals surface area contributed by atoms with E-state index in [9.17, 15) is 9.59 Å². The molecule has 1 saturated heterocycles. The highest BCUT2D eigenvalue weighted by atomic mass is 16.6. The molecule has 1 N–H and O–H groups in total. The molecule has 0 aliphatic carbocycles. The Balaban J connectivity index is 1.55. The SMILES string of the molecule is CC(C)c1nc2cc(NC(=O)c3cccc(N4CCOC4=O)c3)ccc2o1. The number of amides is 2. The third kappa shape index (κ3) is 3.36. The maximum absolute atomic E-state index is 12.6. The fraction of sp³-hybridized carbons (Fsp3) is 0.250. The lowest BCUT2D eigenvalue weighted by Gasteiger charge is -2.13. The van der Waals surface area contributed by atoms with E-state index in [1.165, 1.54) is 4.90 Å². The van der Waals surface area contributed by atoms with Crippen LogP contribution in [0, 0.1) is 0 Å². The number of carbonyl (C=O) groups excluding carboxylic acids is 2. The number of hydrogen-bond acceptors (Lipinski definition) is 5. The lowest BCUT2D eigenvalue weighted by Crippen LogP contribution is -2.23. The van der Waals surface area contributed by atoms with Crippen molar-refractivity contribution in [3.8, 4) is 0 Å². The Morgan fingerprint density at radius 1 is 1.22 bits per heavy atom. The van der Waals surface area contributed by atoms with Gasteiger partial charge in [0.1, 0.15) is 12.1 Å². The van der Waals surface area contributed by atoms with Crippen LogP contribution in [0.3, 0.4) is 0 Å². The van der Waals surface area contributed by atoms with E-state index < -0.39 is 6.09 Å². The normalized spacial score (nSPS) is 14.0. The van der Waals surface area contributed by atoms with Crippen LogP contribution in [0.25, 0.3) is 11.1 Å². The van der Waals surface area contributed by atoms with Crippen molar-refractivity contribution < 1.29 is 18.7 Å². The third-order valence-corrected chi connectivity index (χ3v) is 4.34. The number of oxazole rings is 1. The first-order chi connectivity index (χ1) is 13.0. The highest BCUT2D eigenvalue weighted by Crippen LogP contribution is 2.25. The molecule has 4 rings (SSSR count). The molecule has 3 aromatic rings. The number of cyclic esters (lactones) is 1. The van der Waals surface area contributed by atoms with E-state index in [0.29, 0.717) is 47.1 Å². The molecule has 7 heteroatoms. The van der Waals surface area contributed by atoms with Crippen LogP contribution in [0.15, 0.2) is 46.9 Å². The Morgan fingerprint density at radius 2 is 2.07 bits per heavy atom. The van der Waals surface area contributed by atoms with Gasteiger partial charge in [-0.15, -0.1) is 0 Å². The number of ether oxygens (including phenoxy) is 1. The molecule has 0 unspecified atom stereocenters. The number of aromatic nitrogens is 1. The molecule has 1 aliphatic heterocycles. The van der Waals surface area contributed by atoms with Crippen molar-refractivity contribution >= 4 is 34.5 Å². The number of anilines is 2. The predicted octanol–water partition coefficient (Wildman–Crippen LogP) is 4.16. The molecule has 7 nitrogen and oxygen atoms in total. The topological polar surface area (TPSA) is 84.7 Å². The quantitative estimate of drug-likeness (QED) is 0.750. The molecule has 27 heavy (non-hydrogen) atoms. The van der Waals surface area contributed by atoms with Crippen LogP contribution in [0.4, 0.5) is 16.2 Å². The van der Waals surface area contributed by atoms with E-state index in [2.05, 4.69) is 10.3 Å². The van der Waals surface area contributed by atoms with E-state index in [1.807, 2.05) is 13.8 Å². The summed E-state index contributed by atoms with van der Waals surface area (Å²) in [5.41, 5.74) is 3.10. The first kappa shape index (κ1) is 17.1. The maximum Gasteiger partial charge on any atom is 0.414 e. The van der Waals surface area contributed by atoms with Crippen molar-refractivity contribution in [3.05, 3.63) is 53.9 Å². The van der Waals surface area contributed by atoms with Crippen molar-refractivity contribution in [2.45, 2.75) is 19.8 Å². The maximum atomic E-state index is 12.6. The molecule has 0 radical (unpaired) electrons. The summed E-state index contributed by atoms with van der Waals surface area (Å²) in [5.74, 6) is 0.588. The van der Waals surface area contributed by atoms with Crippen molar-refractivity contribution in [1.82, 2.24) is 4.98 Å². The number of nitrogens with one attached hydrogen (secondary N) is 1. The Bertz CT molecular complexity index is 1020. The fourth-order valence-corrected chi connectivity index (χ4v) is 2.92. The first-order valence-corrected chi connectivity index (χ1v) is 8.77. The van der Waals surface area contributed by atoms with Crippen LogP contribution in [0.1, 0.15) is 36.0 Å². The first-order valence-electron chi connectivity index (χ1n) is 8.77. The molecule has 2 aromatic carbocycles. The average Bonchev–Trinajstić information content (AvgIpc) is 3.27. The van der Waals surface area contributed by atoms with Crippen LogP contribution < -0.4 is 10.2 Å². The monoisotopic (exact) mass is 365 g/mol. The summed E-state index contributed by atoms with van der Waals surface area (Å²) in [7, 11) is 0. The van der Waals surface area contributed by atoms with E-state index >= 15 is 0 Å². The van der Waals surface area contributed by atoms with Crippen molar-refractivity contribution in [3.63, 3.8) is 0 Å². The van der Waals surface area contributed by atoms with Crippen LogP contribution >= 0.6 is 0 Å². The highest BCUT2D eigenvalue weighted by molar-refractivity contribution is 6.06. The molecular weight excluding hydrogens is 346 g/mol. The summed E-state index contributed by atoms with van der Waals surface area (Å²) in [4.78, 5) is 30.3. The minimum Gasteiger partial charge on any atom is -0.447 e. The minimum atomic E-state index is -0.398. The number of fused-ring (bicyclic) bond motifs is 1. The minimum absolute atomic E-state index is 0.190. The smallest absolute Gasteiger partial charge is 0.414 e. The van der Waals surface area contributed by atoms with Crippen molar-refractivity contribution in [2.24, 2.45) is 0 Å². The second kappa shape index (κ2) is 6.75. The van der Waals surface area contributed by atoms with E-state index in [1.54, 1.807) is 42.5 Å². The van der Waals surface area contributed by atoms with Crippen LogP contribution in [0.2, 0.25) is 0 Å². The number of carbonyl (C=O) groups is 2. The number of hydrogen-bond donors (Lipinski definition) is 1. The van der Waals surface area contributed by atoms with Gasteiger partial charge >= 0.3 is 6.09 Å². The summed E-state index contributed by atoms with van der Waals surface area (Å²) >= 11 is 0. The van der Waals surface area contributed by atoms with Gasteiger partial charge in [-0.1, -0.05) is 19.9 Å². The van der Waals surface area contributed by atoms with Gasteiger partial charge in [-0.2, -0.15) is 0 Å². The zero-order chi connectivity index (χ0) is 19.0. The van der Waals surface area contributed by atoms with E-state index in [0.717, 1.165) is 0 Å². The summed E-state index contributed by atoms with van der Waals surface area (Å²) in [5, 5.41) is 2.86. The Hall–Kier alpha value is -3.35. The summed E-state index contributed by atoms with van der Waals surface area (Å²) in [6.45, 7) is 4.85. The standard InChI is InChI=1S/C20H19N3O4/c1-12(2)19-22-16-11-14(6-7-17(16)27-19)21-18(24)13-4-3-5-15(10-13)23-8-9-26-20(23)25/h3-7,10-12H,8-9H2,1-2H3,(H,21,24). The molecule has 2 amide bonds. The molecule has 0 atom stereocenters. The van der Waals surface area contributed by atoms with Gasteiger partial charge in [0.2, 0.25) is 0 Å². The summed E-state index contributed by atoms with van der Waals surface area (Å²) in [6, 6.07) is 12.2. The molecule has 1 aromatic heterocycles. The third-order valence-electron chi connectivity index (χ3n) is 4.34. The molecule has 0 spiro atoms. The van der Waals surface area contributed by atoms with Gasteiger partial charge in [0.25, 0.3) is 5.91 Å². The Labute approximate surface area is 155 Å². The van der Waals surface area contributed by atoms with Crippen LogP contribution in [0.5, 0.6) is 0 Å². The molecule has 1 aliphatic rings. The zero-order valence-electron chi connectivity index (χ0n) is 15.1. The van der Waals surface area contributed by atoms with E-state index in [4.69, 9.17) is 9.15 Å². The second-order valence-electron chi connectivity index (χ2n) is 6.66. The molecule has 1 fully saturated rings. The Kier molecular flexibility index (Phi) is 4.27. The van der Waals surface area contributed by atoms with Crippen LogP contribution in [-0.2, 0) is 4.74 Å². The number of rotatable bonds is 4. The highest BCUT2D eigenvalue weighted by Gasteiger charge is 2.24. The largest absolute Gasteiger partial charge is 0.447 e. The average molecular weight is 365 g/mol. The lowest BCUT2D eigenvalue weighted by atomic mass is 10.1. The van der Waals surface area contributed by atoms with Gasteiger partial charge < -0.3 is 14.5 Å². The van der Waals surface area contributed by atoms with Crippen molar-refractivity contribution in [2.75, 3.05) is 23.4 Å². The molecule has 0 bridgehead atoms. The van der Waals surface area contributed by atoms with Crippen molar-refractivity contribution in [1.29, 1.82) is 0 Å². The zero-order valence-corrected chi connectivity index (χ0v) is 15.1. The van der Waals surface area contributed by atoms with Gasteiger partial charge in [-0.25, -0.2) is 9.78 Å². The Morgan fingerprint density at radius 3 is 2.81 bits per heavy atom. The summed E-state index contributed by atoms with van der Waals surface area (Å²) < 4.78 is 10.6. The predicted molar refractivity (Wildman–Crippen MR) is 101 cm³/mol. The molecule has 0 saturated carbocycles. The second-order valence-corrected chi connectivity index (χ2v) is 6.66. The fourth-order valence-electron chi connectivity index (χ4n) is 2.92. The molecule has 138 valence electrons. The van der Waals surface area contributed by atoms with E-state index in [-0.39, 0.29) is 11.8 Å².